The Bertz CT molecular complexity index is 1050. The maximum atomic E-state index is 6.36. The predicted octanol–water partition coefficient (Wildman–Crippen LogP) is 4.87. The molecule has 0 N–H and O–H groups in total. The molecular weight excluding hydrogens is 400 g/mol. The Balaban J connectivity index is 1.47. The molecule has 2 aliphatic rings. The number of benzene rings is 2. The van der Waals surface area contributed by atoms with Crippen LogP contribution in [0.25, 0.3) is 11.1 Å². The fourth-order valence-corrected chi connectivity index (χ4v) is 4.48. The average molecular weight is 431 g/mol. The van der Waals surface area contributed by atoms with Crippen LogP contribution in [0.5, 0.6) is 11.5 Å². The number of aryl methyl sites for hydroxylation is 1. The number of hydrogen-bond acceptors (Lipinski definition) is 5. The second-order valence-corrected chi connectivity index (χ2v) is 8.70. The standard InChI is InChI=1S/C27H30N2O3/c1-20-6-2-3-8-25(20)22-14-23-16-29(17-24-7-4-5-10-28-24)11-13-31-27(23)26(15-22)32-19-21-9-12-30-18-21/h2-8,10,14-15,21H,9,11-13,16-19H2,1H3. The van der Waals surface area contributed by atoms with Crippen molar-refractivity contribution in [2.24, 2.45) is 5.92 Å². The molecular formula is C27H30N2O3. The Labute approximate surface area is 190 Å². The number of nitrogens with zero attached hydrogens (tertiary/aromatic N) is 2. The fraction of sp³-hybridized carbons (Fsp3) is 0.370. The van der Waals surface area contributed by atoms with Crippen LogP contribution < -0.4 is 9.47 Å². The minimum atomic E-state index is 0.444. The average Bonchev–Trinajstić information content (AvgIpc) is 3.25. The lowest BCUT2D eigenvalue weighted by Gasteiger charge is -2.20. The molecule has 3 aromatic rings. The Hall–Kier alpha value is -2.89. The Morgan fingerprint density at radius 2 is 2.00 bits per heavy atom. The lowest BCUT2D eigenvalue weighted by molar-refractivity contribution is 0.164. The van der Waals surface area contributed by atoms with Gasteiger partial charge < -0.3 is 14.2 Å². The lowest BCUT2D eigenvalue weighted by Crippen LogP contribution is -2.25. The van der Waals surface area contributed by atoms with E-state index < -0.39 is 0 Å². The normalized spacial score (nSPS) is 18.6. The highest BCUT2D eigenvalue weighted by Gasteiger charge is 2.23. The van der Waals surface area contributed by atoms with Crippen molar-refractivity contribution in [1.82, 2.24) is 9.88 Å². The summed E-state index contributed by atoms with van der Waals surface area (Å²) in [5.74, 6) is 2.16. The van der Waals surface area contributed by atoms with Gasteiger partial charge in [0.1, 0.15) is 6.61 Å². The van der Waals surface area contributed by atoms with Crippen LogP contribution in [0.15, 0.2) is 60.8 Å². The van der Waals surface area contributed by atoms with E-state index in [2.05, 4.69) is 59.3 Å². The van der Waals surface area contributed by atoms with Gasteiger partial charge in [-0.25, -0.2) is 0 Å². The third kappa shape index (κ3) is 4.79. The molecule has 0 radical (unpaired) electrons. The number of ether oxygens (including phenoxy) is 3. The molecule has 5 heteroatoms. The van der Waals surface area contributed by atoms with E-state index in [1.54, 1.807) is 0 Å². The predicted molar refractivity (Wildman–Crippen MR) is 125 cm³/mol. The first-order valence-electron chi connectivity index (χ1n) is 11.4. The number of rotatable bonds is 6. The summed E-state index contributed by atoms with van der Waals surface area (Å²) in [7, 11) is 0. The highest BCUT2D eigenvalue weighted by Crippen LogP contribution is 2.39. The molecule has 2 aromatic carbocycles. The van der Waals surface area contributed by atoms with E-state index in [4.69, 9.17) is 14.2 Å². The maximum absolute atomic E-state index is 6.36. The highest BCUT2D eigenvalue weighted by molar-refractivity contribution is 5.72. The van der Waals surface area contributed by atoms with Crippen LogP contribution in [-0.4, -0.2) is 42.9 Å². The van der Waals surface area contributed by atoms with Crippen molar-refractivity contribution >= 4 is 0 Å². The second kappa shape index (κ2) is 9.72. The third-order valence-corrected chi connectivity index (χ3v) is 6.25. The number of aromatic nitrogens is 1. The molecule has 166 valence electrons. The molecule has 1 unspecified atom stereocenters. The summed E-state index contributed by atoms with van der Waals surface area (Å²) in [6.07, 6.45) is 2.91. The molecule has 1 saturated heterocycles. The summed E-state index contributed by atoms with van der Waals surface area (Å²) in [6.45, 7) is 7.49. The summed E-state index contributed by atoms with van der Waals surface area (Å²) in [5, 5.41) is 0. The Kier molecular flexibility index (Phi) is 6.37. The van der Waals surface area contributed by atoms with Crippen LogP contribution in [0, 0.1) is 12.8 Å². The van der Waals surface area contributed by atoms with Crippen molar-refractivity contribution in [2.75, 3.05) is 33.0 Å². The van der Waals surface area contributed by atoms with E-state index in [1.165, 1.54) is 16.7 Å². The maximum Gasteiger partial charge on any atom is 0.165 e. The van der Waals surface area contributed by atoms with Crippen LogP contribution >= 0.6 is 0 Å². The summed E-state index contributed by atoms with van der Waals surface area (Å²) in [6, 6.07) is 19.0. The molecule has 1 aromatic heterocycles. The van der Waals surface area contributed by atoms with E-state index in [1.807, 2.05) is 18.3 Å². The SMILES string of the molecule is Cc1ccccc1-c1cc2c(c(OCC3CCOC3)c1)OCCN(Cc1ccccn1)C2. The van der Waals surface area contributed by atoms with Crippen molar-refractivity contribution in [3.63, 3.8) is 0 Å². The molecule has 0 saturated carbocycles. The van der Waals surface area contributed by atoms with Gasteiger partial charge in [0.15, 0.2) is 11.5 Å². The van der Waals surface area contributed by atoms with E-state index in [0.717, 1.165) is 62.0 Å². The van der Waals surface area contributed by atoms with Gasteiger partial charge in [0.05, 0.1) is 18.9 Å². The molecule has 1 fully saturated rings. The third-order valence-electron chi connectivity index (χ3n) is 6.25. The number of hydrogen-bond donors (Lipinski definition) is 0. The van der Waals surface area contributed by atoms with Crippen molar-refractivity contribution in [3.8, 4) is 22.6 Å². The van der Waals surface area contributed by atoms with Gasteiger partial charge in [0.2, 0.25) is 0 Å². The largest absolute Gasteiger partial charge is 0.489 e. The monoisotopic (exact) mass is 430 g/mol. The first-order valence-corrected chi connectivity index (χ1v) is 11.4. The first kappa shape index (κ1) is 21.0. The van der Waals surface area contributed by atoms with Crippen LogP contribution in [0.2, 0.25) is 0 Å². The summed E-state index contributed by atoms with van der Waals surface area (Å²) in [4.78, 5) is 6.90. The minimum Gasteiger partial charge on any atom is -0.489 e. The summed E-state index contributed by atoms with van der Waals surface area (Å²) in [5.41, 5.74) is 5.88. The van der Waals surface area contributed by atoms with E-state index in [-0.39, 0.29) is 0 Å². The van der Waals surface area contributed by atoms with Gasteiger partial charge in [0.25, 0.3) is 0 Å². The van der Waals surface area contributed by atoms with Crippen LogP contribution in [0.1, 0.15) is 23.2 Å². The van der Waals surface area contributed by atoms with Crippen molar-refractivity contribution in [1.29, 1.82) is 0 Å². The van der Waals surface area contributed by atoms with Gasteiger partial charge >= 0.3 is 0 Å². The van der Waals surface area contributed by atoms with Crippen LogP contribution in [-0.2, 0) is 17.8 Å². The molecule has 3 heterocycles. The molecule has 0 spiro atoms. The molecule has 0 bridgehead atoms. The first-order chi connectivity index (χ1) is 15.8. The van der Waals surface area contributed by atoms with E-state index in [9.17, 15) is 0 Å². The van der Waals surface area contributed by atoms with Crippen molar-refractivity contribution < 1.29 is 14.2 Å². The molecule has 0 amide bonds. The topological polar surface area (TPSA) is 43.8 Å². The smallest absolute Gasteiger partial charge is 0.165 e. The zero-order valence-corrected chi connectivity index (χ0v) is 18.6. The molecule has 0 aliphatic carbocycles. The van der Waals surface area contributed by atoms with Gasteiger partial charge in [0, 0.05) is 43.9 Å². The Morgan fingerprint density at radius 3 is 2.81 bits per heavy atom. The molecule has 2 aliphatic heterocycles. The molecule has 32 heavy (non-hydrogen) atoms. The quantitative estimate of drug-likeness (QED) is 0.558. The zero-order valence-electron chi connectivity index (χ0n) is 18.6. The van der Waals surface area contributed by atoms with Crippen molar-refractivity contribution in [3.05, 3.63) is 77.6 Å². The van der Waals surface area contributed by atoms with Gasteiger partial charge in [-0.3, -0.25) is 9.88 Å². The molecule has 5 nitrogen and oxygen atoms in total. The van der Waals surface area contributed by atoms with E-state index >= 15 is 0 Å². The fourth-order valence-electron chi connectivity index (χ4n) is 4.48. The minimum absolute atomic E-state index is 0.444. The second-order valence-electron chi connectivity index (χ2n) is 8.70. The zero-order chi connectivity index (χ0) is 21.8. The summed E-state index contributed by atoms with van der Waals surface area (Å²) < 4.78 is 18.2. The van der Waals surface area contributed by atoms with Crippen LogP contribution in [0.3, 0.4) is 0 Å². The van der Waals surface area contributed by atoms with Gasteiger partial charge in [-0.05, 0) is 54.3 Å². The van der Waals surface area contributed by atoms with Gasteiger partial charge in [-0.1, -0.05) is 30.3 Å². The van der Waals surface area contributed by atoms with Crippen molar-refractivity contribution in [2.45, 2.75) is 26.4 Å². The molecule has 1 atom stereocenters. The number of fused-ring (bicyclic) bond motifs is 1. The lowest BCUT2D eigenvalue weighted by atomic mass is 9.97. The van der Waals surface area contributed by atoms with Gasteiger partial charge in [-0.15, -0.1) is 0 Å². The van der Waals surface area contributed by atoms with E-state index in [0.29, 0.717) is 19.1 Å². The highest BCUT2D eigenvalue weighted by atomic mass is 16.5. The molecule has 5 rings (SSSR count). The number of pyridine rings is 1. The van der Waals surface area contributed by atoms with Gasteiger partial charge in [-0.2, -0.15) is 0 Å². The van der Waals surface area contributed by atoms with Crippen LogP contribution in [0.4, 0.5) is 0 Å². The summed E-state index contributed by atoms with van der Waals surface area (Å²) >= 11 is 0. The Morgan fingerprint density at radius 1 is 1.09 bits per heavy atom.